The molecule has 26 heavy (non-hydrogen) atoms. The number of ether oxygens (including phenoxy) is 3. The van der Waals surface area contributed by atoms with E-state index in [0.29, 0.717) is 30.0 Å². The summed E-state index contributed by atoms with van der Waals surface area (Å²) in [6.45, 7) is 7.53. The number of esters is 2. The number of amides is 1. The molecule has 0 aromatic carbocycles. The van der Waals surface area contributed by atoms with Crippen molar-refractivity contribution in [1.82, 2.24) is 10.3 Å². The molecule has 0 radical (unpaired) electrons. The minimum absolute atomic E-state index is 0.0254. The summed E-state index contributed by atoms with van der Waals surface area (Å²) in [6, 6.07) is 0. The van der Waals surface area contributed by atoms with Gasteiger partial charge in [0.15, 0.2) is 6.61 Å². The van der Waals surface area contributed by atoms with Gasteiger partial charge in [0.25, 0.3) is 5.91 Å². The third kappa shape index (κ3) is 5.08. The molecule has 8 heteroatoms. The van der Waals surface area contributed by atoms with Gasteiger partial charge in [0, 0.05) is 18.8 Å². The third-order valence-electron chi connectivity index (χ3n) is 4.07. The molecule has 1 fully saturated rings. The molecule has 2 heterocycles. The van der Waals surface area contributed by atoms with E-state index in [2.05, 4.69) is 10.3 Å². The molecular formula is C18H26N2O6. The molecule has 144 valence electrons. The normalized spacial score (nSPS) is 16.6. The van der Waals surface area contributed by atoms with Crippen LogP contribution in [0.4, 0.5) is 0 Å². The first-order chi connectivity index (χ1) is 12.3. The van der Waals surface area contributed by atoms with Crippen LogP contribution < -0.4 is 5.32 Å². The van der Waals surface area contributed by atoms with Crippen molar-refractivity contribution >= 4 is 17.8 Å². The number of hydrogen-bond acceptors (Lipinski definition) is 6. The van der Waals surface area contributed by atoms with E-state index in [1.54, 1.807) is 27.7 Å². The number of carbonyl (C=O) groups excluding carboxylic acids is 3. The SMILES string of the molecule is Cc1[nH]c(C(=O)OCC(=O)NC[C@H]2CCCO2)c(C)c1C(=O)OC(C)C. The van der Waals surface area contributed by atoms with Crippen LogP contribution in [0.25, 0.3) is 0 Å². The fourth-order valence-electron chi connectivity index (χ4n) is 2.82. The van der Waals surface area contributed by atoms with E-state index in [9.17, 15) is 14.4 Å². The average molecular weight is 366 g/mol. The van der Waals surface area contributed by atoms with Crippen LogP contribution in [0, 0.1) is 13.8 Å². The molecule has 1 atom stereocenters. The number of carbonyl (C=O) groups is 3. The van der Waals surface area contributed by atoms with E-state index < -0.39 is 24.5 Å². The Kier molecular flexibility index (Phi) is 6.79. The Morgan fingerprint density at radius 1 is 1.27 bits per heavy atom. The summed E-state index contributed by atoms with van der Waals surface area (Å²) < 4.78 is 15.6. The molecule has 1 saturated heterocycles. The minimum atomic E-state index is -0.693. The Bertz CT molecular complexity index is 673. The quantitative estimate of drug-likeness (QED) is 0.711. The summed E-state index contributed by atoms with van der Waals surface area (Å²) in [7, 11) is 0. The van der Waals surface area contributed by atoms with Gasteiger partial charge in [0.1, 0.15) is 5.69 Å². The molecule has 0 spiro atoms. The molecule has 0 unspecified atom stereocenters. The number of H-pyrrole nitrogens is 1. The average Bonchev–Trinajstić information content (AvgIpc) is 3.17. The lowest BCUT2D eigenvalue weighted by molar-refractivity contribution is -0.124. The zero-order valence-electron chi connectivity index (χ0n) is 15.6. The lowest BCUT2D eigenvalue weighted by Crippen LogP contribution is -2.34. The second-order valence-electron chi connectivity index (χ2n) is 6.59. The first kappa shape index (κ1) is 20.0. The fourth-order valence-corrected chi connectivity index (χ4v) is 2.82. The molecule has 0 saturated carbocycles. The Hall–Kier alpha value is -2.35. The molecule has 1 aliphatic heterocycles. The summed E-state index contributed by atoms with van der Waals surface area (Å²) in [5, 5.41) is 2.68. The van der Waals surface area contributed by atoms with E-state index in [4.69, 9.17) is 14.2 Å². The van der Waals surface area contributed by atoms with Gasteiger partial charge in [-0.1, -0.05) is 0 Å². The number of aryl methyl sites for hydroxylation is 1. The van der Waals surface area contributed by atoms with E-state index >= 15 is 0 Å². The summed E-state index contributed by atoms with van der Waals surface area (Å²) in [4.78, 5) is 39.0. The minimum Gasteiger partial charge on any atom is -0.459 e. The molecule has 1 aromatic rings. The Morgan fingerprint density at radius 2 is 2.00 bits per heavy atom. The summed E-state index contributed by atoms with van der Waals surface area (Å²) in [5.74, 6) is -1.59. The van der Waals surface area contributed by atoms with Gasteiger partial charge in [-0.3, -0.25) is 4.79 Å². The third-order valence-corrected chi connectivity index (χ3v) is 4.07. The molecule has 0 bridgehead atoms. The highest BCUT2D eigenvalue weighted by Crippen LogP contribution is 2.20. The highest BCUT2D eigenvalue weighted by Gasteiger charge is 2.25. The van der Waals surface area contributed by atoms with Crippen molar-refractivity contribution in [2.45, 2.75) is 52.7 Å². The lowest BCUT2D eigenvalue weighted by Gasteiger charge is -2.11. The van der Waals surface area contributed by atoms with Gasteiger partial charge in [0.2, 0.25) is 0 Å². The van der Waals surface area contributed by atoms with Crippen molar-refractivity contribution in [1.29, 1.82) is 0 Å². The van der Waals surface area contributed by atoms with E-state index in [-0.39, 0.29) is 17.9 Å². The Morgan fingerprint density at radius 3 is 2.62 bits per heavy atom. The topological polar surface area (TPSA) is 107 Å². The largest absolute Gasteiger partial charge is 0.459 e. The van der Waals surface area contributed by atoms with E-state index in [1.165, 1.54) is 0 Å². The van der Waals surface area contributed by atoms with Crippen LogP contribution in [-0.2, 0) is 19.0 Å². The molecule has 1 aliphatic rings. The van der Waals surface area contributed by atoms with E-state index in [1.807, 2.05) is 0 Å². The van der Waals surface area contributed by atoms with Gasteiger partial charge in [-0.05, 0) is 46.1 Å². The molecule has 0 aliphatic carbocycles. The maximum Gasteiger partial charge on any atom is 0.355 e. The summed E-state index contributed by atoms with van der Waals surface area (Å²) >= 11 is 0. The zero-order valence-corrected chi connectivity index (χ0v) is 15.6. The molecule has 2 N–H and O–H groups in total. The van der Waals surface area contributed by atoms with Gasteiger partial charge in [-0.2, -0.15) is 0 Å². The number of hydrogen-bond donors (Lipinski definition) is 2. The van der Waals surface area contributed by atoms with Gasteiger partial charge < -0.3 is 24.5 Å². The van der Waals surface area contributed by atoms with Gasteiger partial charge in [-0.15, -0.1) is 0 Å². The van der Waals surface area contributed by atoms with Crippen LogP contribution in [0.1, 0.15) is 58.8 Å². The first-order valence-electron chi connectivity index (χ1n) is 8.75. The predicted molar refractivity (Wildman–Crippen MR) is 93.1 cm³/mol. The Labute approximate surface area is 152 Å². The standard InChI is InChI=1S/C18H26N2O6/c1-10(2)26-17(22)15-11(3)16(20-12(15)4)18(23)25-9-14(21)19-8-13-6-5-7-24-13/h10,13,20H,5-9H2,1-4H3,(H,19,21)/t13-/m1/s1. The number of nitrogens with one attached hydrogen (secondary N) is 2. The van der Waals surface area contributed by atoms with Crippen LogP contribution in [0.15, 0.2) is 0 Å². The summed E-state index contributed by atoms with van der Waals surface area (Å²) in [5.41, 5.74) is 1.42. The lowest BCUT2D eigenvalue weighted by atomic mass is 10.1. The molecule has 8 nitrogen and oxygen atoms in total. The summed E-state index contributed by atoms with van der Waals surface area (Å²) in [6.07, 6.45) is 1.66. The van der Waals surface area contributed by atoms with Crippen molar-refractivity contribution in [3.63, 3.8) is 0 Å². The first-order valence-corrected chi connectivity index (χ1v) is 8.75. The number of aromatic amines is 1. The smallest absolute Gasteiger partial charge is 0.355 e. The van der Waals surface area contributed by atoms with Gasteiger partial charge in [-0.25, -0.2) is 9.59 Å². The highest BCUT2D eigenvalue weighted by molar-refractivity contribution is 5.99. The number of aromatic nitrogens is 1. The molecule has 1 amide bonds. The second-order valence-corrected chi connectivity index (χ2v) is 6.59. The van der Waals surface area contributed by atoms with Crippen molar-refractivity contribution < 1.29 is 28.6 Å². The van der Waals surface area contributed by atoms with Gasteiger partial charge in [0.05, 0.1) is 17.8 Å². The zero-order chi connectivity index (χ0) is 19.3. The van der Waals surface area contributed by atoms with Crippen molar-refractivity contribution in [2.75, 3.05) is 19.8 Å². The van der Waals surface area contributed by atoms with Crippen LogP contribution in [0.2, 0.25) is 0 Å². The molecule has 2 rings (SSSR count). The maximum atomic E-state index is 12.2. The Balaban J connectivity index is 1.90. The monoisotopic (exact) mass is 366 g/mol. The fraction of sp³-hybridized carbons (Fsp3) is 0.611. The molecular weight excluding hydrogens is 340 g/mol. The van der Waals surface area contributed by atoms with Crippen LogP contribution in [0.3, 0.4) is 0 Å². The second kappa shape index (κ2) is 8.84. The highest BCUT2D eigenvalue weighted by atomic mass is 16.5. The van der Waals surface area contributed by atoms with Gasteiger partial charge >= 0.3 is 11.9 Å². The predicted octanol–water partition coefficient (Wildman–Crippen LogP) is 1.65. The van der Waals surface area contributed by atoms with E-state index in [0.717, 1.165) is 12.8 Å². The van der Waals surface area contributed by atoms with Crippen molar-refractivity contribution in [3.05, 3.63) is 22.5 Å². The number of rotatable bonds is 7. The van der Waals surface area contributed by atoms with Crippen LogP contribution in [-0.4, -0.2) is 54.8 Å². The van der Waals surface area contributed by atoms with Crippen LogP contribution >= 0.6 is 0 Å². The van der Waals surface area contributed by atoms with Crippen LogP contribution in [0.5, 0.6) is 0 Å². The maximum absolute atomic E-state index is 12.2. The molecule has 1 aromatic heterocycles. The van der Waals surface area contributed by atoms with Crippen molar-refractivity contribution in [2.24, 2.45) is 0 Å². The van der Waals surface area contributed by atoms with Crippen molar-refractivity contribution in [3.8, 4) is 0 Å².